The lowest BCUT2D eigenvalue weighted by Crippen LogP contribution is -2.28. The average molecular weight is 313 g/mol. The molecule has 1 aromatic heterocycles. The zero-order valence-corrected chi connectivity index (χ0v) is 12.7. The van der Waals surface area contributed by atoms with Crippen LogP contribution in [0, 0.1) is 19.7 Å². The highest BCUT2D eigenvalue weighted by Crippen LogP contribution is 2.31. The number of hydrogen-bond acceptors (Lipinski definition) is 4. The smallest absolute Gasteiger partial charge is 0.268 e. The highest BCUT2D eigenvalue weighted by atomic mass is 32.2. The first kappa shape index (κ1) is 15.5. The molecule has 0 atom stereocenters. The maximum atomic E-state index is 13.8. The highest BCUT2D eigenvalue weighted by Gasteiger charge is 2.31. The van der Waals surface area contributed by atoms with E-state index >= 15 is 0 Å². The van der Waals surface area contributed by atoms with Gasteiger partial charge in [-0.25, -0.2) is 12.8 Å². The van der Waals surface area contributed by atoms with Crippen LogP contribution in [0.3, 0.4) is 0 Å². The largest absolute Gasteiger partial charge is 0.465 e. The number of para-hydroxylation sites is 1. The van der Waals surface area contributed by atoms with E-state index in [0.29, 0.717) is 5.76 Å². The van der Waals surface area contributed by atoms with Crippen molar-refractivity contribution in [2.24, 2.45) is 0 Å². The number of anilines is 1. The molecule has 2 rings (SSSR count). The Kier molecular flexibility index (Phi) is 4.06. The van der Waals surface area contributed by atoms with Crippen LogP contribution in [0.2, 0.25) is 0 Å². The van der Waals surface area contributed by atoms with Crippen LogP contribution in [0.15, 0.2) is 33.6 Å². The van der Waals surface area contributed by atoms with Crippen LogP contribution in [0.5, 0.6) is 0 Å². The molecule has 0 bridgehead atoms. The lowest BCUT2D eigenvalue weighted by Gasteiger charge is -2.20. The molecule has 0 fully saturated rings. The Morgan fingerprint density at radius 1 is 1.24 bits per heavy atom. The number of halogens is 1. The Balaban J connectivity index is 2.61. The Morgan fingerprint density at radius 3 is 2.43 bits per heavy atom. The predicted octanol–water partition coefficient (Wildman–Crippen LogP) is 2.35. The Labute approximate surface area is 122 Å². The minimum absolute atomic E-state index is 0.0698. The third-order valence-corrected chi connectivity index (χ3v) is 5.26. The van der Waals surface area contributed by atoms with Crippen molar-refractivity contribution in [1.82, 2.24) is 0 Å². The standard InChI is InChI=1S/C14H16FNO4S/c1-9-11(8-17)14(10(2)20-9)21(18,19)16(3)13-7-5-4-6-12(13)15/h4-7,17H,8H2,1-3H3. The van der Waals surface area contributed by atoms with E-state index in [1.807, 2.05) is 0 Å². The first-order chi connectivity index (χ1) is 9.80. The summed E-state index contributed by atoms with van der Waals surface area (Å²) in [5, 5.41) is 9.37. The third-order valence-electron chi connectivity index (χ3n) is 3.29. The number of rotatable bonds is 4. The molecular weight excluding hydrogens is 297 g/mol. The van der Waals surface area contributed by atoms with Gasteiger partial charge in [0.2, 0.25) is 0 Å². The van der Waals surface area contributed by atoms with Gasteiger partial charge in [-0.15, -0.1) is 0 Å². The molecule has 2 aromatic rings. The van der Waals surface area contributed by atoms with Gasteiger partial charge in [0.05, 0.1) is 12.3 Å². The molecule has 21 heavy (non-hydrogen) atoms. The number of hydrogen-bond donors (Lipinski definition) is 1. The summed E-state index contributed by atoms with van der Waals surface area (Å²) in [6.45, 7) is 2.59. The fraction of sp³-hybridized carbons (Fsp3) is 0.286. The number of sulfonamides is 1. The molecule has 0 aliphatic carbocycles. The Bertz CT molecular complexity index is 767. The average Bonchev–Trinajstić information content (AvgIpc) is 2.73. The summed E-state index contributed by atoms with van der Waals surface area (Å²) >= 11 is 0. The maximum absolute atomic E-state index is 13.8. The van der Waals surface area contributed by atoms with E-state index in [2.05, 4.69) is 0 Å². The summed E-state index contributed by atoms with van der Waals surface area (Å²) < 4.78 is 45.3. The van der Waals surface area contributed by atoms with Crippen LogP contribution >= 0.6 is 0 Å². The van der Waals surface area contributed by atoms with E-state index in [1.165, 1.54) is 32.2 Å². The van der Waals surface area contributed by atoms with Crippen molar-refractivity contribution in [1.29, 1.82) is 0 Å². The third kappa shape index (κ3) is 2.54. The van der Waals surface area contributed by atoms with Crippen LogP contribution in [0.1, 0.15) is 17.1 Å². The molecule has 0 aliphatic heterocycles. The van der Waals surface area contributed by atoms with Crippen LogP contribution in [-0.4, -0.2) is 20.6 Å². The highest BCUT2D eigenvalue weighted by molar-refractivity contribution is 7.92. The van der Waals surface area contributed by atoms with E-state index in [4.69, 9.17) is 4.42 Å². The van der Waals surface area contributed by atoms with Crippen LogP contribution in [0.25, 0.3) is 0 Å². The number of furan rings is 1. The molecule has 1 aromatic carbocycles. The molecular formula is C14H16FNO4S. The van der Waals surface area contributed by atoms with Crippen molar-refractivity contribution in [3.8, 4) is 0 Å². The molecule has 0 unspecified atom stereocenters. The van der Waals surface area contributed by atoms with Gasteiger partial charge in [0.1, 0.15) is 22.2 Å². The Hall–Kier alpha value is -1.86. The molecule has 0 radical (unpaired) electrons. The lowest BCUT2D eigenvalue weighted by atomic mass is 10.2. The minimum Gasteiger partial charge on any atom is -0.465 e. The van der Waals surface area contributed by atoms with Crippen molar-refractivity contribution in [2.45, 2.75) is 25.3 Å². The molecule has 0 saturated carbocycles. The summed E-state index contributed by atoms with van der Waals surface area (Å²) in [5.74, 6) is -0.151. The van der Waals surface area contributed by atoms with Crippen molar-refractivity contribution in [3.63, 3.8) is 0 Å². The number of aliphatic hydroxyl groups is 1. The quantitative estimate of drug-likeness (QED) is 0.940. The maximum Gasteiger partial charge on any atom is 0.268 e. The molecule has 1 N–H and O–H groups in total. The van der Waals surface area contributed by atoms with Gasteiger partial charge in [-0.05, 0) is 26.0 Å². The monoisotopic (exact) mass is 313 g/mol. The van der Waals surface area contributed by atoms with Crippen LogP contribution in [-0.2, 0) is 16.6 Å². The van der Waals surface area contributed by atoms with Gasteiger partial charge in [-0.1, -0.05) is 12.1 Å². The lowest BCUT2D eigenvalue weighted by molar-refractivity contribution is 0.276. The summed E-state index contributed by atoms with van der Waals surface area (Å²) in [5.41, 5.74) is 0.121. The van der Waals surface area contributed by atoms with E-state index < -0.39 is 22.4 Å². The van der Waals surface area contributed by atoms with Crippen LogP contribution < -0.4 is 4.31 Å². The molecule has 0 amide bonds. The van der Waals surface area contributed by atoms with Gasteiger partial charge in [-0.3, -0.25) is 4.31 Å². The molecule has 114 valence electrons. The van der Waals surface area contributed by atoms with Crippen LogP contribution in [0.4, 0.5) is 10.1 Å². The number of benzene rings is 1. The van der Waals surface area contributed by atoms with Crippen molar-refractivity contribution >= 4 is 15.7 Å². The number of aliphatic hydroxyl groups excluding tert-OH is 1. The molecule has 0 saturated heterocycles. The van der Waals surface area contributed by atoms with Gasteiger partial charge in [0, 0.05) is 12.6 Å². The number of aryl methyl sites for hydroxylation is 2. The van der Waals surface area contributed by atoms with Crippen molar-refractivity contribution < 1.29 is 22.3 Å². The molecule has 7 heteroatoms. The summed E-state index contributed by atoms with van der Waals surface area (Å²) in [7, 11) is -2.77. The topological polar surface area (TPSA) is 70.8 Å². The number of nitrogens with zero attached hydrogens (tertiary/aromatic N) is 1. The van der Waals surface area contributed by atoms with E-state index in [0.717, 1.165) is 4.31 Å². The SMILES string of the molecule is Cc1oc(C)c(S(=O)(=O)N(C)c2ccccc2F)c1CO. The molecule has 5 nitrogen and oxygen atoms in total. The second-order valence-electron chi connectivity index (χ2n) is 4.60. The molecule has 0 spiro atoms. The fourth-order valence-corrected chi connectivity index (χ4v) is 3.81. The minimum atomic E-state index is -4.03. The van der Waals surface area contributed by atoms with Gasteiger partial charge in [-0.2, -0.15) is 0 Å². The Morgan fingerprint density at radius 2 is 1.86 bits per heavy atom. The van der Waals surface area contributed by atoms with Gasteiger partial charge >= 0.3 is 0 Å². The van der Waals surface area contributed by atoms with Gasteiger partial charge in [0.15, 0.2) is 0 Å². The van der Waals surface area contributed by atoms with E-state index in [9.17, 15) is 17.9 Å². The second kappa shape index (κ2) is 5.50. The molecule has 0 aliphatic rings. The van der Waals surface area contributed by atoms with Gasteiger partial charge < -0.3 is 9.52 Å². The normalized spacial score (nSPS) is 11.7. The summed E-state index contributed by atoms with van der Waals surface area (Å²) in [6, 6.07) is 5.58. The van der Waals surface area contributed by atoms with Crippen molar-refractivity contribution in [2.75, 3.05) is 11.4 Å². The fourth-order valence-electron chi connectivity index (χ4n) is 2.20. The predicted molar refractivity (Wildman–Crippen MR) is 76.1 cm³/mol. The van der Waals surface area contributed by atoms with E-state index in [-0.39, 0.29) is 21.9 Å². The van der Waals surface area contributed by atoms with E-state index in [1.54, 1.807) is 13.0 Å². The zero-order chi connectivity index (χ0) is 15.8. The molecule has 1 heterocycles. The second-order valence-corrected chi connectivity index (χ2v) is 6.51. The summed E-state index contributed by atoms with van der Waals surface area (Å²) in [6.07, 6.45) is 0. The van der Waals surface area contributed by atoms with Gasteiger partial charge in [0.25, 0.3) is 10.0 Å². The first-order valence-electron chi connectivity index (χ1n) is 6.24. The summed E-state index contributed by atoms with van der Waals surface area (Å²) in [4.78, 5) is -0.117. The zero-order valence-electron chi connectivity index (χ0n) is 11.9. The van der Waals surface area contributed by atoms with Crippen molar-refractivity contribution in [3.05, 3.63) is 47.2 Å². The first-order valence-corrected chi connectivity index (χ1v) is 7.68.